The average molecular weight is 441 g/mol. The predicted molar refractivity (Wildman–Crippen MR) is 102 cm³/mol. The first-order valence-corrected chi connectivity index (χ1v) is 9.02. The highest BCUT2D eigenvalue weighted by atomic mass is 79.9. The SMILES string of the molecule is COc1cc(/C=C/C(=O)OCC(=O)c2ccc(Br)s2)cc(OC)c1OC. The van der Waals surface area contributed by atoms with Crippen molar-refractivity contribution in [3.05, 3.63) is 44.6 Å². The quantitative estimate of drug-likeness (QED) is 0.351. The molecule has 6 nitrogen and oxygen atoms in total. The van der Waals surface area contributed by atoms with Gasteiger partial charge >= 0.3 is 5.97 Å². The molecule has 8 heteroatoms. The maximum Gasteiger partial charge on any atom is 0.331 e. The van der Waals surface area contributed by atoms with Crippen LogP contribution < -0.4 is 14.2 Å². The molecular formula is C18H17BrO6S. The number of thiophene rings is 1. The van der Waals surface area contributed by atoms with E-state index in [4.69, 9.17) is 18.9 Å². The van der Waals surface area contributed by atoms with E-state index in [1.165, 1.54) is 38.7 Å². The Bertz CT molecular complexity index is 802. The maximum absolute atomic E-state index is 11.9. The van der Waals surface area contributed by atoms with Crippen LogP contribution in [0.15, 0.2) is 34.1 Å². The monoisotopic (exact) mass is 440 g/mol. The van der Waals surface area contributed by atoms with E-state index in [-0.39, 0.29) is 12.4 Å². The number of hydrogen-bond acceptors (Lipinski definition) is 7. The lowest BCUT2D eigenvalue weighted by Crippen LogP contribution is -2.11. The number of halogens is 1. The Balaban J connectivity index is 2.02. The first-order valence-electron chi connectivity index (χ1n) is 7.42. The summed E-state index contributed by atoms with van der Waals surface area (Å²) in [7, 11) is 4.53. The molecule has 0 spiro atoms. The molecule has 0 aliphatic rings. The predicted octanol–water partition coefficient (Wildman–Crippen LogP) is 3.98. The van der Waals surface area contributed by atoms with Gasteiger partial charge in [-0.1, -0.05) is 0 Å². The number of Topliss-reactive ketones (excluding diaryl/α,β-unsaturated/α-hetero) is 1. The molecule has 0 amide bonds. The highest BCUT2D eigenvalue weighted by molar-refractivity contribution is 9.11. The molecule has 0 atom stereocenters. The molecule has 0 N–H and O–H groups in total. The summed E-state index contributed by atoms with van der Waals surface area (Å²) in [5, 5.41) is 0. The number of benzene rings is 1. The van der Waals surface area contributed by atoms with Crippen LogP contribution in [-0.4, -0.2) is 39.7 Å². The van der Waals surface area contributed by atoms with Crippen LogP contribution in [0.25, 0.3) is 6.08 Å². The Kier molecular flexibility index (Phi) is 7.23. The van der Waals surface area contributed by atoms with Gasteiger partial charge in [0.05, 0.1) is 30.0 Å². The minimum atomic E-state index is -0.622. The Hall–Kier alpha value is -2.32. The highest BCUT2D eigenvalue weighted by Crippen LogP contribution is 2.38. The van der Waals surface area contributed by atoms with Gasteiger partial charge in [0.1, 0.15) is 0 Å². The van der Waals surface area contributed by atoms with Crippen LogP contribution in [0.4, 0.5) is 0 Å². The number of methoxy groups -OCH3 is 3. The van der Waals surface area contributed by atoms with Crippen LogP contribution in [-0.2, 0) is 9.53 Å². The summed E-state index contributed by atoms with van der Waals surface area (Å²) in [5.74, 6) is 0.525. The molecule has 138 valence electrons. The Morgan fingerprint density at radius 3 is 2.23 bits per heavy atom. The number of rotatable bonds is 8. The van der Waals surface area contributed by atoms with Gasteiger partial charge < -0.3 is 18.9 Å². The smallest absolute Gasteiger partial charge is 0.331 e. The van der Waals surface area contributed by atoms with Crippen LogP contribution in [0.2, 0.25) is 0 Å². The van der Waals surface area contributed by atoms with Gasteiger partial charge in [0.25, 0.3) is 0 Å². The molecule has 0 bridgehead atoms. The fourth-order valence-electron chi connectivity index (χ4n) is 2.08. The molecule has 1 heterocycles. The number of esters is 1. The summed E-state index contributed by atoms with van der Waals surface area (Å²) < 4.78 is 21.6. The third-order valence-corrected chi connectivity index (χ3v) is 4.96. The molecule has 26 heavy (non-hydrogen) atoms. The summed E-state index contributed by atoms with van der Waals surface area (Å²) in [5.41, 5.74) is 0.657. The first-order chi connectivity index (χ1) is 12.5. The maximum atomic E-state index is 11.9. The van der Waals surface area contributed by atoms with Gasteiger partial charge in [-0.25, -0.2) is 4.79 Å². The minimum absolute atomic E-state index is 0.254. The average Bonchev–Trinajstić information content (AvgIpc) is 3.09. The lowest BCUT2D eigenvalue weighted by molar-refractivity contribution is -0.136. The Morgan fingerprint density at radius 2 is 1.73 bits per heavy atom. The van der Waals surface area contributed by atoms with Gasteiger partial charge in [-0.3, -0.25) is 4.79 Å². The number of hydrogen-bond donors (Lipinski definition) is 0. The van der Waals surface area contributed by atoms with Gasteiger partial charge in [-0.15, -0.1) is 11.3 Å². The third kappa shape index (κ3) is 5.09. The van der Waals surface area contributed by atoms with E-state index in [0.29, 0.717) is 27.7 Å². The van der Waals surface area contributed by atoms with Crippen molar-refractivity contribution >= 4 is 45.1 Å². The molecule has 2 rings (SSSR count). The number of carbonyl (C=O) groups excluding carboxylic acids is 2. The molecule has 1 aromatic carbocycles. The summed E-state index contributed by atoms with van der Waals surface area (Å²) in [6.07, 6.45) is 2.78. The molecule has 2 aromatic rings. The first kappa shape index (κ1) is 20.0. The van der Waals surface area contributed by atoms with E-state index >= 15 is 0 Å². The van der Waals surface area contributed by atoms with E-state index in [1.807, 2.05) is 0 Å². The molecule has 1 aromatic heterocycles. The van der Waals surface area contributed by atoms with E-state index in [2.05, 4.69) is 15.9 Å². The molecule has 0 aliphatic carbocycles. The molecular weight excluding hydrogens is 424 g/mol. The lowest BCUT2D eigenvalue weighted by Gasteiger charge is -2.12. The second kappa shape index (κ2) is 9.40. The number of ketones is 1. The van der Waals surface area contributed by atoms with Crippen molar-refractivity contribution in [1.82, 2.24) is 0 Å². The fraction of sp³-hybridized carbons (Fsp3) is 0.222. The van der Waals surface area contributed by atoms with Crippen molar-refractivity contribution < 1.29 is 28.5 Å². The van der Waals surface area contributed by atoms with Crippen molar-refractivity contribution in [2.45, 2.75) is 0 Å². The van der Waals surface area contributed by atoms with E-state index in [0.717, 1.165) is 3.79 Å². The minimum Gasteiger partial charge on any atom is -0.493 e. The zero-order chi connectivity index (χ0) is 19.1. The summed E-state index contributed by atoms with van der Waals surface area (Å²) in [6.45, 7) is -0.314. The zero-order valence-electron chi connectivity index (χ0n) is 14.4. The van der Waals surface area contributed by atoms with Crippen molar-refractivity contribution in [2.24, 2.45) is 0 Å². The van der Waals surface area contributed by atoms with Gasteiger partial charge in [0, 0.05) is 6.08 Å². The van der Waals surface area contributed by atoms with Crippen molar-refractivity contribution in [2.75, 3.05) is 27.9 Å². The van der Waals surface area contributed by atoms with Crippen molar-refractivity contribution in [3.63, 3.8) is 0 Å². The van der Waals surface area contributed by atoms with Crippen LogP contribution in [0.5, 0.6) is 17.2 Å². The van der Waals surface area contributed by atoms with Crippen LogP contribution in [0.1, 0.15) is 15.2 Å². The summed E-state index contributed by atoms with van der Waals surface area (Å²) in [4.78, 5) is 24.3. The molecule has 0 aliphatic heterocycles. The standard InChI is InChI=1S/C18H17BrO6S/c1-22-13-8-11(9-14(23-2)18(13)24-3)4-7-17(21)25-10-12(20)15-5-6-16(19)26-15/h4-9H,10H2,1-3H3/b7-4+. The second-order valence-corrected chi connectivity index (χ2v) is 7.39. The Morgan fingerprint density at radius 1 is 1.08 bits per heavy atom. The van der Waals surface area contributed by atoms with E-state index < -0.39 is 5.97 Å². The number of ether oxygens (including phenoxy) is 4. The topological polar surface area (TPSA) is 71.1 Å². The summed E-state index contributed by atoms with van der Waals surface area (Å²) in [6, 6.07) is 6.83. The molecule has 0 saturated carbocycles. The van der Waals surface area contributed by atoms with E-state index in [1.54, 1.807) is 30.3 Å². The normalized spacial score (nSPS) is 10.6. The van der Waals surface area contributed by atoms with Crippen LogP contribution in [0, 0.1) is 0 Å². The summed E-state index contributed by atoms with van der Waals surface area (Å²) >= 11 is 4.57. The highest BCUT2D eigenvalue weighted by Gasteiger charge is 2.13. The van der Waals surface area contributed by atoms with Crippen LogP contribution in [0.3, 0.4) is 0 Å². The van der Waals surface area contributed by atoms with E-state index in [9.17, 15) is 9.59 Å². The molecule has 0 radical (unpaired) electrons. The zero-order valence-corrected chi connectivity index (χ0v) is 16.8. The Labute approximate surface area is 163 Å². The van der Waals surface area contributed by atoms with Gasteiger partial charge in [0.15, 0.2) is 18.1 Å². The molecule has 0 saturated heterocycles. The second-order valence-electron chi connectivity index (χ2n) is 4.93. The third-order valence-electron chi connectivity index (χ3n) is 3.29. The number of carbonyl (C=O) groups is 2. The fourth-order valence-corrected chi connectivity index (χ4v) is 3.39. The molecule has 0 fully saturated rings. The molecule has 0 unspecified atom stereocenters. The van der Waals surface area contributed by atoms with Gasteiger partial charge in [-0.2, -0.15) is 0 Å². The lowest BCUT2D eigenvalue weighted by atomic mass is 10.1. The largest absolute Gasteiger partial charge is 0.493 e. The van der Waals surface area contributed by atoms with Crippen molar-refractivity contribution in [3.8, 4) is 17.2 Å². The van der Waals surface area contributed by atoms with Gasteiger partial charge in [-0.05, 0) is 51.8 Å². The van der Waals surface area contributed by atoms with Crippen LogP contribution >= 0.6 is 27.3 Å². The van der Waals surface area contributed by atoms with Gasteiger partial charge in [0.2, 0.25) is 11.5 Å². The van der Waals surface area contributed by atoms with Crippen molar-refractivity contribution in [1.29, 1.82) is 0 Å².